The number of nitrogens with zero attached hydrogens (tertiary/aromatic N) is 1. The van der Waals surface area contributed by atoms with Crippen molar-refractivity contribution in [2.45, 2.75) is 50.6 Å². The fourth-order valence-corrected chi connectivity index (χ4v) is 2.88. The van der Waals surface area contributed by atoms with Crippen molar-refractivity contribution in [3.05, 3.63) is 0 Å². The first kappa shape index (κ1) is 11.9. The van der Waals surface area contributed by atoms with E-state index in [0.717, 1.165) is 32.4 Å². The van der Waals surface area contributed by atoms with E-state index < -0.39 is 0 Å². The highest BCUT2D eigenvalue weighted by atomic mass is 16.2. The Bertz CT molecular complexity index is 244. The van der Waals surface area contributed by atoms with Gasteiger partial charge in [0, 0.05) is 25.2 Å². The smallest absolute Gasteiger partial charge is 0.234 e. The summed E-state index contributed by atoms with van der Waals surface area (Å²) in [6.07, 6.45) is 7.13. The first-order valence-electron chi connectivity index (χ1n) is 6.54. The number of nitrogens with two attached hydrogens (primary N) is 1. The SMILES string of the molecule is NC1CCCCCC1N1CCCNC(=O)C1. The molecule has 3 N–H and O–H groups in total. The minimum absolute atomic E-state index is 0.161. The summed E-state index contributed by atoms with van der Waals surface area (Å²) in [5.41, 5.74) is 6.23. The molecule has 0 aromatic rings. The molecule has 2 aliphatic rings. The number of carbonyl (C=O) groups excluding carboxylic acids is 1. The fraction of sp³-hybridized carbons (Fsp3) is 0.917. The molecule has 0 aromatic carbocycles. The number of hydrogen-bond donors (Lipinski definition) is 2. The standard InChI is InChI=1S/C12H23N3O/c13-10-5-2-1-3-6-11(10)15-8-4-7-14-12(16)9-15/h10-11H,1-9,13H2,(H,14,16). The molecule has 2 rings (SSSR count). The second kappa shape index (κ2) is 5.64. The molecular weight excluding hydrogens is 202 g/mol. The molecule has 1 aliphatic heterocycles. The summed E-state index contributed by atoms with van der Waals surface area (Å²) in [4.78, 5) is 13.8. The number of hydrogen-bond acceptors (Lipinski definition) is 3. The van der Waals surface area contributed by atoms with Crippen molar-refractivity contribution in [2.75, 3.05) is 19.6 Å². The average Bonchev–Trinajstić information content (AvgIpc) is 2.58. The minimum atomic E-state index is 0.161. The van der Waals surface area contributed by atoms with Crippen LogP contribution in [0.5, 0.6) is 0 Å². The molecular formula is C12H23N3O. The zero-order valence-electron chi connectivity index (χ0n) is 9.95. The van der Waals surface area contributed by atoms with Crippen LogP contribution in [0, 0.1) is 0 Å². The molecule has 1 aliphatic carbocycles. The topological polar surface area (TPSA) is 58.4 Å². The Balaban J connectivity index is 1.99. The summed E-state index contributed by atoms with van der Waals surface area (Å²) in [6, 6.07) is 0.680. The van der Waals surface area contributed by atoms with Gasteiger partial charge in [-0.2, -0.15) is 0 Å². The molecule has 0 bridgehead atoms. The van der Waals surface area contributed by atoms with Gasteiger partial charge in [-0.1, -0.05) is 19.3 Å². The van der Waals surface area contributed by atoms with Gasteiger partial charge in [0.2, 0.25) is 5.91 Å². The van der Waals surface area contributed by atoms with Gasteiger partial charge in [-0.15, -0.1) is 0 Å². The van der Waals surface area contributed by atoms with Gasteiger partial charge in [-0.05, 0) is 19.3 Å². The van der Waals surface area contributed by atoms with Gasteiger partial charge in [-0.3, -0.25) is 9.69 Å². The monoisotopic (exact) mass is 225 g/mol. The van der Waals surface area contributed by atoms with Gasteiger partial charge in [0.1, 0.15) is 0 Å². The van der Waals surface area contributed by atoms with E-state index in [1.165, 1.54) is 19.3 Å². The summed E-state index contributed by atoms with van der Waals surface area (Å²) in [5.74, 6) is 0.161. The van der Waals surface area contributed by atoms with Crippen molar-refractivity contribution >= 4 is 5.91 Å². The van der Waals surface area contributed by atoms with Gasteiger partial charge in [-0.25, -0.2) is 0 Å². The maximum atomic E-state index is 11.5. The predicted octanol–water partition coefficient (Wildman–Crippen LogP) is 0.468. The molecule has 1 amide bonds. The lowest BCUT2D eigenvalue weighted by atomic mass is 10.0. The van der Waals surface area contributed by atoms with Gasteiger partial charge < -0.3 is 11.1 Å². The first-order valence-corrected chi connectivity index (χ1v) is 6.54. The summed E-state index contributed by atoms with van der Waals surface area (Å²) in [6.45, 7) is 2.37. The molecule has 4 heteroatoms. The van der Waals surface area contributed by atoms with E-state index in [1.54, 1.807) is 0 Å². The molecule has 0 aromatic heterocycles. The molecule has 1 heterocycles. The Morgan fingerprint density at radius 2 is 2.00 bits per heavy atom. The van der Waals surface area contributed by atoms with Crippen molar-refractivity contribution in [3.8, 4) is 0 Å². The van der Waals surface area contributed by atoms with Crippen molar-refractivity contribution in [1.29, 1.82) is 0 Å². The molecule has 0 spiro atoms. The molecule has 2 unspecified atom stereocenters. The Morgan fingerprint density at radius 3 is 2.88 bits per heavy atom. The third-order valence-corrected chi connectivity index (χ3v) is 3.79. The number of amides is 1. The van der Waals surface area contributed by atoms with Gasteiger partial charge in [0.25, 0.3) is 0 Å². The zero-order valence-corrected chi connectivity index (χ0v) is 9.95. The second-order valence-electron chi connectivity index (χ2n) is 5.04. The summed E-state index contributed by atoms with van der Waals surface area (Å²) in [5, 5.41) is 2.92. The Labute approximate surface area is 97.6 Å². The van der Waals surface area contributed by atoms with Crippen molar-refractivity contribution < 1.29 is 4.79 Å². The average molecular weight is 225 g/mol. The third kappa shape index (κ3) is 2.95. The van der Waals surface area contributed by atoms with Gasteiger partial charge >= 0.3 is 0 Å². The van der Waals surface area contributed by atoms with Crippen molar-refractivity contribution in [3.63, 3.8) is 0 Å². The van der Waals surface area contributed by atoms with Crippen molar-refractivity contribution in [2.24, 2.45) is 5.73 Å². The lowest BCUT2D eigenvalue weighted by molar-refractivity contribution is -0.122. The molecule has 92 valence electrons. The molecule has 0 radical (unpaired) electrons. The van der Waals surface area contributed by atoms with E-state index in [9.17, 15) is 4.79 Å². The molecule has 2 atom stereocenters. The number of nitrogens with one attached hydrogen (secondary N) is 1. The van der Waals surface area contributed by atoms with Crippen LogP contribution in [0.1, 0.15) is 38.5 Å². The van der Waals surface area contributed by atoms with E-state index in [4.69, 9.17) is 5.73 Å². The molecule has 16 heavy (non-hydrogen) atoms. The largest absolute Gasteiger partial charge is 0.355 e. The molecule has 1 saturated carbocycles. The Hall–Kier alpha value is -0.610. The zero-order chi connectivity index (χ0) is 11.4. The third-order valence-electron chi connectivity index (χ3n) is 3.79. The normalized spacial score (nSPS) is 33.9. The highest BCUT2D eigenvalue weighted by molar-refractivity contribution is 5.78. The van der Waals surface area contributed by atoms with E-state index in [1.807, 2.05) is 0 Å². The predicted molar refractivity (Wildman–Crippen MR) is 64.0 cm³/mol. The van der Waals surface area contributed by atoms with Crippen LogP contribution in [-0.4, -0.2) is 42.5 Å². The Kier molecular flexibility index (Phi) is 4.18. The van der Waals surface area contributed by atoms with Crippen molar-refractivity contribution in [1.82, 2.24) is 10.2 Å². The quantitative estimate of drug-likeness (QED) is 0.638. The van der Waals surface area contributed by atoms with Crippen LogP contribution in [0.15, 0.2) is 0 Å². The summed E-state index contributed by atoms with van der Waals surface area (Å²) >= 11 is 0. The van der Waals surface area contributed by atoms with E-state index in [2.05, 4.69) is 10.2 Å². The van der Waals surface area contributed by atoms with Crippen LogP contribution < -0.4 is 11.1 Å². The van der Waals surface area contributed by atoms with Crippen LogP contribution in [0.4, 0.5) is 0 Å². The summed E-state index contributed by atoms with van der Waals surface area (Å²) in [7, 11) is 0. The number of rotatable bonds is 1. The van der Waals surface area contributed by atoms with Crippen LogP contribution >= 0.6 is 0 Å². The van der Waals surface area contributed by atoms with E-state index in [-0.39, 0.29) is 11.9 Å². The van der Waals surface area contributed by atoms with Gasteiger partial charge in [0.05, 0.1) is 6.54 Å². The van der Waals surface area contributed by atoms with Crippen LogP contribution in [-0.2, 0) is 4.79 Å². The summed E-state index contributed by atoms with van der Waals surface area (Å²) < 4.78 is 0. The van der Waals surface area contributed by atoms with E-state index >= 15 is 0 Å². The second-order valence-corrected chi connectivity index (χ2v) is 5.04. The van der Waals surface area contributed by atoms with Crippen LogP contribution in [0.3, 0.4) is 0 Å². The molecule has 4 nitrogen and oxygen atoms in total. The lowest BCUT2D eigenvalue weighted by Crippen LogP contribution is -2.49. The van der Waals surface area contributed by atoms with Gasteiger partial charge in [0.15, 0.2) is 0 Å². The molecule has 1 saturated heterocycles. The Morgan fingerprint density at radius 1 is 1.19 bits per heavy atom. The van der Waals surface area contributed by atoms with Crippen LogP contribution in [0.25, 0.3) is 0 Å². The highest BCUT2D eigenvalue weighted by Crippen LogP contribution is 2.21. The highest BCUT2D eigenvalue weighted by Gasteiger charge is 2.28. The maximum Gasteiger partial charge on any atom is 0.234 e. The minimum Gasteiger partial charge on any atom is -0.355 e. The fourth-order valence-electron chi connectivity index (χ4n) is 2.88. The maximum absolute atomic E-state index is 11.5. The van der Waals surface area contributed by atoms with Crippen LogP contribution in [0.2, 0.25) is 0 Å². The number of carbonyl (C=O) groups is 1. The first-order chi connectivity index (χ1) is 7.77. The lowest BCUT2D eigenvalue weighted by Gasteiger charge is -2.32. The molecule has 2 fully saturated rings. The van der Waals surface area contributed by atoms with E-state index in [0.29, 0.717) is 12.6 Å².